The van der Waals surface area contributed by atoms with Gasteiger partial charge in [-0.2, -0.15) is 0 Å². The van der Waals surface area contributed by atoms with Gasteiger partial charge in [0, 0.05) is 13.2 Å². The van der Waals surface area contributed by atoms with Crippen LogP contribution in [-0.4, -0.2) is 29.8 Å². The summed E-state index contributed by atoms with van der Waals surface area (Å²) in [6, 6.07) is 0. The molecule has 0 aromatic heterocycles. The molecule has 0 spiro atoms. The molecule has 192 valence electrons. The zero-order chi connectivity index (χ0) is 25.5. The van der Waals surface area contributed by atoms with Crippen LogP contribution in [0.1, 0.15) is 109 Å². The van der Waals surface area contributed by atoms with Gasteiger partial charge in [0.2, 0.25) is 0 Å². The van der Waals surface area contributed by atoms with Gasteiger partial charge in [-0.05, 0) is 46.1 Å². The SMILES string of the molecule is [CH-]=CCCCO[Si](C(C)C)(C(C)C)C(C)C.[CH-]=CCCCO[Si](C(C)C)(C(C)C)C(C)C.[Zn+2]. The van der Waals surface area contributed by atoms with Gasteiger partial charge in [-0.3, -0.25) is 12.2 Å². The predicted octanol–water partition coefficient (Wildman–Crippen LogP) is 9.89. The molecule has 0 aromatic rings. The summed E-state index contributed by atoms with van der Waals surface area (Å²) in [4.78, 5) is 0. The topological polar surface area (TPSA) is 18.5 Å². The van der Waals surface area contributed by atoms with E-state index in [4.69, 9.17) is 22.0 Å². The predicted molar refractivity (Wildman–Crippen MR) is 150 cm³/mol. The molecule has 0 aliphatic carbocycles. The standard InChI is InChI=1S/2C14H29OSi.Zn/c2*1-8-9-10-11-15-16(12(2)3,13(4)5)14(6)7;/h2*1,8,12-14H,9-11H2,2-7H3;/q2*-1;+2. The van der Waals surface area contributed by atoms with Crippen LogP contribution in [0.25, 0.3) is 0 Å². The van der Waals surface area contributed by atoms with Crippen molar-refractivity contribution in [3.63, 3.8) is 0 Å². The zero-order valence-electron chi connectivity index (χ0n) is 24.5. The summed E-state index contributed by atoms with van der Waals surface area (Å²) in [7, 11) is -3.26. The second-order valence-electron chi connectivity index (χ2n) is 11.1. The first-order valence-corrected chi connectivity index (χ1v) is 17.4. The van der Waals surface area contributed by atoms with E-state index >= 15 is 0 Å². The van der Waals surface area contributed by atoms with Gasteiger partial charge >= 0.3 is 19.5 Å². The molecule has 0 bridgehead atoms. The monoisotopic (exact) mass is 546 g/mol. The molecule has 0 radical (unpaired) electrons. The summed E-state index contributed by atoms with van der Waals surface area (Å²) in [5.41, 5.74) is 4.05. The van der Waals surface area contributed by atoms with Crippen molar-refractivity contribution in [3.8, 4) is 0 Å². The summed E-state index contributed by atoms with van der Waals surface area (Å²) in [5, 5.41) is 0. The minimum absolute atomic E-state index is 0. The van der Waals surface area contributed by atoms with E-state index in [0.29, 0.717) is 33.2 Å². The van der Waals surface area contributed by atoms with Crippen molar-refractivity contribution in [3.05, 3.63) is 25.3 Å². The van der Waals surface area contributed by atoms with Crippen molar-refractivity contribution in [1.82, 2.24) is 0 Å². The molecule has 2 nitrogen and oxygen atoms in total. The van der Waals surface area contributed by atoms with E-state index in [1.54, 1.807) is 12.2 Å². The first-order chi connectivity index (χ1) is 14.8. The second kappa shape index (κ2) is 19.6. The molecule has 0 amide bonds. The van der Waals surface area contributed by atoms with Crippen LogP contribution in [0.3, 0.4) is 0 Å². The van der Waals surface area contributed by atoms with Crippen LogP contribution < -0.4 is 0 Å². The molecule has 0 saturated heterocycles. The maximum atomic E-state index is 6.38. The van der Waals surface area contributed by atoms with Gasteiger partial charge in [-0.15, -0.1) is 0 Å². The van der Waals surface area contributed by atoms with Crippen LogP contribution in [0.4, 0.5) is 0 Å². The van der Waals surface area contributed by atoms with Crippen molar-refractivity contribution >= 4 is 16.6 Å². The Balaban J connectivity index is -0.000000529. The first-order valence-electron chi connectivity index (χ1n) is 13.1. The number of unbranched alkanes of at least 4 members (excludes halogenated alkanes) is 2. The molecular weight excluding hydrogens is 490 g/mol. The second-order valence-corrected chi connectivity index (χ2v) is 22.0. The number of allylic oxidation sites excluding steroid dienone is 2. The van der Waals surface area contributed by atoms with Gasteiger partial charge in [0.05, 0.1) is 0 Å². The molecule has 0 unspecified atom stereocenters. The van der Waals surface area contributed by atoms with E-state index in [-0.39, 0.29) is 19.5 Å². The summed E-state index contributed by atoms with van der Waals surface area (Å²) >= 11 is 0. The first kappa shape index (κ1) is 38.0. The molecule has 0 saturated carbocycles. The molecule has 0 rings (SSSR count). The van der Waals surface area contributed by atoms with Crippen molar-refractivity contribution in [2.24, 2.45) is 0 Å². The van der Waals surface area contributed by atoms with E-state index in [1.807, 2.05) is 0 Å². The Morgan fingerprint density at radius 3 is 0.879 bits per heavy atom. The average Bonchev–Trinajstić information content (AvgIpc) is 2.67. The van der Waals surface area contributed by atoms with Gasteiger partial charge in [0.1, 0.15) is 0 Å². The summed E-state index contributed by atoms with van der Waals surface area (Å²) < 4.78 is 12.8. The molecule has 0 aliphatic rings. The van der Waals surface area contributed by atoms with E-state index in [2.05, 4.69) is 83.1 Å². The van der Waals surface area contributed by atoms with Crippen molar-refractivity contribution in [2.45, 2.75) is 142 Å². The minimum Gasteiger partial charge on any atom is -0.518 e. The maximum absolute atomic E-state index is 6.38. The van der Waals surface area contributed by atoms with Gasteiger partial charge in [-0.1, -0.05) is 95.9 Å². The van der Waals surface area contributed by atoms with Gasteiger partial charge in [-0.25, -0.2) is 0 Å². The van der Waals surface area contributed by atoms with Gasteiger partial charge in [0.15, 0.2) is 16.6 Å². The average molecular weight is 548 g/mol. The Labute approximate surface area is 224 Å². The van der Waals surface area contributed by atoms with Crippen molar-refractivity contribution < 1.29 is 28.3 Å². The largest absolute Gasteiger partial charge is 2.00 e. The third kappa shape index (κ3) is 11.8. The van der Waals surface area contributed by atoms with Crippen LogP contribution in [0, 0.1) is 13.2 Å². The number of hydrogen-bond donors (Lipinski definition) is 0. The van der Waals surface area contributed by atoms with Crippen molar-refractivity contribution in [1.29, 1.82) is 0 Å². The fraction of sp³-hybridized carbons (Fsp3) is 0.857. The molecule has 0 atom stereocenters. The molecule has 33 heavy (non-hydrogen) atoms. The van der Waals surface area contributed by atoms with Crippen molar-refractivity contribution in [2.75, 3.05) is 13.2 Å². The Morgan fingerprint density at radius 2 is 0.727 bits per heavy atom. The van der Waals surface area contributed by atoms with Crippen LogP contribution in [0.15, 0.2) is 12.2 Å². The fourth-order valence-corrected chi connectivity index (χ4v) is 16.9. The van der Waals surface area contributed by atoms with Gasteiger partial charge in [0.25, 0.3) is 0 Å². The van der Waals surface area contributed by atoms with E-state index in [1.165, 1.54) is 0 Å². The Kier molecular flexibility index (Phi) is 22.6. The number of rotatable bonds is 16. The maximum Gasteiger partial charge on any atom is 2.00 e. The molecule has 0 fully saturated rings. The van der Waals surface area contributed by atoms with E-state index < -0.39 is 16.6 Å². The van der Waals surface area contributed by atoms with Gasteiger partial charge < -0.3 is 22.0 Å². The summed E-state index contributed by atoms with van der Waals surface area (Å²) in [5.74, 6) is 0. The van der Waals surface area contributed by atoms with Crippen LogP contribution >= 0.6 is 0 Å². The molecule has 0 aliphatic heterocycles. The van der Waals surface area contributed by atoms with Crippen LogP contribution in [0.5, 0.6) is 0 Å². The summed E-state index contributed by atoms with van der Waals surface area (Å²) in [6.07, 6.45) is 7.48. The van der Waals surface area contributed by atoms with E-state index in [9.17, 15) is 0 Å². The molecule has 0 aromatic carbocycles. The molecule has 0 heterocycles. The molecule has 5 heteroatoms. The smallest absolute Gasteiger partial charge is 0.518 e. The Morgan fingerprint density at radius 1 is 0.515 bits per heavy atom. The minimum atomic E-state index is -1.63. The quantitative estimate of drug-likeness (QED) is 0.109. The Hall–Kier alpha value is 0.457. The fourth-order valence-electron chi connectivity index (χ4n) is 5.90. The Bertz CT molecular complexity index is 401. The van der Waals surface area contributed by atoms with Crippen LogP contribution in [-0.2, 0) is 28.3 Å². The van der Waals surface area contributed by atoms with Crippen LogP contribution in [0.2, 0.25) is 33.2 Å². The van der Waals surface area contributed by atoms with E-state index in [0.717, 1.165) is 38.9 Å². The normalized spacial score (nSPS) is 12.4. The zero-order valence-corrected chi connectivity index (χ0v) is 29.5. The summed E-state index contributed by atoms with van der Waals surface area (Å²) in [6.45, 7) is 40.4. The third-order valence-electron chi connectivity index (χ3n) is 7.15. The third-order valence-corrected chi connectivity index (χ3v) is 19.4. The number of hydrogen-bond acceptors (Lipinski definition) is 2. The molecular formula is C28H58O2Si2Zn. The molecule has 0 N–H and O–H groups in total.